The van der Waals surface area contributed by atoms with Crippen LogP contribution < -0.4 is 10.6 Å². The van der Waals surface area contributed by atoms with Crippen molar-refractivity contribution in [2.45, 2.75) is 69.7 Å². The Labute approximate surface area is 326 Å². The molecule has 56 heavy (non-hydrogen) atoms. The van der Waals surface area contributed by atoms with Gasteiger partial charge in [0.25, 0.3) is 0 Å². The van der Waals surface area contributed by atoms with Gasteiger partial charge in [0.2, 0.25) is 11.8 Å². The second-order valence-corrected chi connectivity index (χ2v) is 15.2. The van der Waals surface area contributed by atoms with Crippen LogP contribution in [0.4, 0.5) is 4.79 Å². The molecule has 13 nitrogen and oxygen atoms in total. The Morgan fingerprint density at radius 1 is 0.821 bits per heavy atom. The van der Waals surface area contributed by atoms with Crippen molar-refractivity contribution in [3.63, 3.8) is 0 Å². The molecule has 4 N–H and O–H groups in total. The van der Waals surface area contributed by atoms with Gasteiger partial charge in [-0.15, -0.1) is 0 Å². The third-order valence-electron chi connectivity index (χ3n) is 12.1. The first-order chi connectivity index (χ1) is 27.3. The summed E-state index contributed by atoms with van der Waals surface area (Å²) >= 11 is 0. The summed E-state index contributed by atoms with van der Waals surface area (Å²) in [6.45, 7) is 2.80. The molecule has 290 valence electrons. The number of H-pyrrole nitrogens is 2. The number of nitrogens with zero attached hydrogens (tertiary/aromatic N) is 4. The highest BCUT2D eigenvalue weighted by molar-refractivity contribution is 5.87. The first-order valence-corrected chi connectivity index (χ1v) is 19.5. The molecule has 4 heterocycles. The minimum absolute atomic E-state index is 0.0745. The van der Waals surface area contributed by atoms with E-state index in [4.69, 9.17) is 14.5 Å². The van der Waals surface area contributed by atoms with Crippen molar-refractivity contribution in [3.05, 3.63) is 103 Å². The van der Waals surface area contributed by atoms with Gasteiger partial charge in [0.15, 0.2) is 0 Å². The van der Waals surface area contributed by atoms with Gasteiger partial charge in [0, 0.05) is 38.5 Å². The Kier molecular flexibility index (Phi) is 10.7. The Bertz CT molecular complexity index is 2150. The second kappa shape index (κ2) is 16.1. The molecule has 1 aliphatic heterocycles. The van der Waals surface area contributed by atoms with E-state index in [1.807, 2.05) is 18.3 Å². The molecule has 5 aromatic rings. The molecule has 2 saturated carbocycles. The van der Waals surface area contributed by atoms with Gasteiger partial charge in [0.05, 0.1) is 49.0 Å². The zero-order valence-corrected chi connectivity index (χ0v) is 31.9. The van der Waals surface area contributed by atoms with Gasteiger partial charge in [-0.05, 0) is 90.8 Å². The number of likely N-dealkylation sites (tertiary alicyclic amines) is 1. The number of rotatable bonds is 12. The molecule has 3 fully saturated rings. The second-order valence-electron chi connectivity index (χ2n) is 15.2. The molecular formula is C43H48N8O5. The quantitative estimate of drug-likeness (QED) is 0.114. The number of aromatic nitrogens is 5. The van der Waals surface area contributed by atoms with Gasteiger partial charge in [-0.1, -0.05) is 48.5 Å². The number of nitrogens with one attached hydrogen (secondary N) is 4. The molecule has 0 spiro atoms. The van der Waals surface area contributed by atoms with E-state index in [2.05, 4.69) is 79.1 Å². The van der Waals surface area contributed by atoms with Crippen LogP contribution in [0, 0.1) is 17.8 Å². The monoisotopic (exact) mass is 756 g/mol. The van der Waals surface area contributed by atoms with Crippen LogP contribution in [0.15, 0.2) is 85.5 Å². The lowest BCUT2D eigenvalue weighted by atomic mass is 9.78. The van der Waals surface area contributed by atoms with Crippen molar-refractivity contribution >= 4 is 17.9 Å². The van der Waals surface area contributed by atoms with Crippen molar-refractivity contribution < 1.29 is 23.9 Å². The smallest absolute Gasteiger partial charge is 0.407 e. The third-order valence-corrected chi connectivity index (χ3v) is 12.1. The number of carbonyl (C=O) groups is 3. The number of methoxy groups -OCH3 is 2. The summed E-state index contributed by atoms with van der Waals surface area (Å²) in [5.74, 6) is 2.37. The molecule has 2 bridgehead atoms. The van der Waals surface area contributed by atoms with Gasteiger partial charge in [0.1, 0.15) is 17.7 Å². The summed E-state index contributed by atoms with van der Waals surface area (Å²) in [5, 5.41) is 5.82. The average Bonchev–Trinajstić information content (AvgIpc) is 4.10. The van der Waals surface area contributed by atoms with Crippen LogP contribution in [0.25, 0.3) is 33.6 Å². The van der Waals surface area contributed by atoms with E-state index >= 15 is 0 Å². The molecule has 7 atom stereocenters. The van der Waals surface area contributed by atoms with Gasteiger partial charge in [-0.25, -0.2) is 14.8 Å². The largest absolute Gasteiger partial charge is 0.453 e. The third kappa shape index (κ3) is 7.43. The fourth-order valence-corrected chi connectivity index (χ4v) is 9.05. The van der Waals surface area contributed by atoms with Crippen molar-refractivity contribution in [2.75, 3.05) is 20.8 Å². The van der Waals surface area contributed by atoms with E-state index < -0.39 is 18.2 Å². The Morgan fingerprint density at radius 3 is 2.07 bits per heavy atom. The molecule has 0 radical (unpaired) electrons. The number of fused-ring (bicyclic) bond motifs is 2. The van der Waals surface area contributed by atoms with Gasteiger partial charge in [-0.2, -0.15) is 0 Å². The molecule has 1 saturated heterocycles. The number of carbonyl (C=O) groups excluding carboxylic acids is 3. The Morgan fingerprint density at radius 2 is 1.43 bits per heavy atom. The van der Waals surface area contributed by atoms with E-state index in [1.165, 1.54) is 14.2 Å². The van der Waals surface area contributed by atoms with Crippen LogP contribution >= 0.6 is 0 Å². The first kappa shape index (κ1) is 37.1. The molecular weight excluding hydrogens is 709 g/mol. The molecule has 2 aromatic carbocycles. The topological polar surface area (TPSA) is 167 Å². The number of imidazole rings is 2. The summed E-state index contributed by atoms with van der Waals surface area (Å²) in [4.78, 5) is 61.5. The average molecular weight is 757 g/mol. The van der Waals surface area contributed by atoms with E-state index in [0.717, 1.165) is 77.1 Å². The van der Waals surface area contributed by atoms with Gasteiger partial charge in [-0.3, -0.25) is 14.6 Å². The van der Waals surface area contributed by atoms with Crippen LogP contribution in [0.2, 0.25) is 0 Å². The molecule has 3 aromatic heterocycles. The molecule has 3 amide bonds. The fourth-order valence-electron chi connectivity index (χ4n) is 9.05. The Balaban J connectivity index is 0.918. The van der Waals surface area contributed by atoms with Crippen LogP contribution in [0.3, 0.4) is 0 Å². The summed E-state index contributed by atoms with van der Waals surface area (Å²) < 4.78 is 10.2. The van der Waals surface area contributed by atoms with Crippen LogP contribution in [0.1, 0.15) is 68.2 Å². The number of alkyl carbamates (subject to hydrolysis) is 1. The van der Waals surface area contributed by atoms with E-state index in [1.54, 1.807) is 30.4 Å². The number of hydrogen-bond acceptors (Lipinski definition) is 8. The predicted molar refractivity (Wildman–Crippen MR) is 210 cm³/mol. The molecule has 2 unspecified atom stereocenters. The van der Waals surface area contributed by atoms with Crippen LogP contribution in [0.5, 0.6) is 0 Å². The zero-order chi connectivity index (χ0) is 38.8. The molecule has 8 rings (SSSR count). The summed E-state index contributed by atoms with van der Waals surface area (Å²) in [5.41, 5.74) is 7.04. The summed E-state index contributed by atoms with van der Waals surface area (Å²) in [7, 11) is 2.77. The highest BCUT2D eigenvalue weighted by Gasteiger charge is 2.52. The van der Waals surface area contributed by atoms with Crippen LogP contribution in [-0.4, -0.2) is 80.6 Å². The van der Waals surface area contributed by atoms with Crippen molar-refractivity contribution in [3.8, 4) is 33.6 Å². The lowest BCUT2D eigenvalue weighted by molar-refractivity contribution is -0.137. The van der Waals surface area contributed by atoms with Crippen LogP contribution in [-0.2, 0) is 25.6 Å². The van der Waals surface area contributed by atoms with Gasteiger partial charge >= 0.3 is 6.09 Å². The Hall–Kier alpha value is -5.82. The highest BCUT2D eigenvalue weighted by Crippen LogP contribution is 2.56. The predicted octanol–water partition coefficient (Wildman–Crippen LogP) is 6.40. The maximum Gasteiger partial charge on any atom is 0.407 e. The maximum absolute atomic E-state index is 13.6. The van der Waals surface area contributed by atoms with Crippen molar-refractivity contribution in [1.82, 2.24) is 40.5 Å². The SMILES string of the molecule is COC(=O)N[C@H](C(=O)N1CCC[C@H]1c1ncc(-c2ccc(-c3ccc(-c4cnc([C@H]5C6CCC(C6)[C@@H]5C(=O)NCc5ccncc5)[nH]4)cc3)cc2)[nH]1)[C@@H](C)OC. The normalized spacial score (nSPS) is 22.5. The fraction of sp³-hybridized carbons (Fsp3) is 0.395. The summed E-state index contributed by atoms with van der Waals surface area (Å²) in [6, 6.07) is 19.5. The number of pyridine rings is 1. The molecule has 13 heteroatoms. The maximum atomic E-state index is 13.6. The molecule has 3 aliphatic rings. The van der Waals surface area contributed by atoms with E-state index in [-0.39, 0.29) is 29.7 Å². The number of benzene rings is 2. The number of ether oxygens (including phenoxy) is 2. The number of hydrogen-bond donors (Lipinski definition) is 4. The number of aromatic amines is 2. The summed E-state index contributed by atoms with van der Waals surface area (Å²) in [6.07, 6.45) is 10.9. The zero-order valence-electron chi connectivity index (χ0n) is 31.9. The lowest BCUT2D eigenvalue weighted by Gasteiger charge is -2.30. The minimum atomic E-state index is -0.885. The van der Waals surface area contributed by atoms with E-state index in [9.17, 15) is 14.4 Å². The van der Waals surface area contributed by atoms with Crippen molar-refractivity contribution in [2.24, 2.45) is 17.8 Å². The standard InChI is InChI=1S/C43H48N8O5/c1-25(55-2)38(50-43(54)56-3)42(53)51-20-4-5-35(51)39-45-23-33(48-39)29-10-6-27(7-11-29)28-8-12-30(13-9-28)34-24-46-40(49-34)36-31-14-15-32(21-31)37(36)41(52)47-22-26-16-18-44-19-17-26/h6-13,16-19,23-25,31-32,35-38H,4-5,14-15,20-22H2,1-3H3,(H,45,48)(H,46,49)(H,47,52)(H,50,54)/t25-,31?,32?,35+,36+,37+,38+/m1/s1. The van der Waals surface area contributed by atoms with E-state index in [0.29, 0.717) is 30.7 Å². The highest BCUT2D eigenvalue weighted by atomic mass is 16.5. The van der Waals surface area contributed by atoms with Gasteiger partial charge < -0.3 is 35.0 Å². The van der Waals surface area contributed by atoms with Crippen molar-refractivity contribution in [1.29, 1.82) is 0 Å². The number of amides is 3. The first-order valence-electron chi connectivity index (χ1n) is 19.5. The molecule has 2 aliphatic carbocycles. The minimum Gasteiger partial charge on any atom is -0.453 e. The lowest BCUT2D eigenvalue weighted by Crippen LogP contribution is -2.54.